The van der Waals surface area contributed by atoms with Crippen LogP contribution in [0.5, 0.6) is 0 Å². The van der Waals surface area contributed by atoms with Gasteiger partial charge in [-0.2, -0.15) is 5.26 Å². The van der Waals surface area contributed by atoms with Crippen molar-refractivity contribution in [3.63, 3.8) is 0 Å². The van der Waals surface area contributed by atoms with E-state index in [1.54, 1.807) is 6.07 Å². The smallest absolute Gasteiger partial charge is 0.244 e. The lowest BCUT2D eigenvalue weighted by Crippen LogP contribution is -1.67. The molecule has 0 aliphatic heterocycles. The summed E-state index contributed by atoms with van der Waals surface area (Å²) in [7, 11) is 0. The van der Waals surface area contributed by atoms with Crippen LogP contribution in [0, 0.1) is 11.3 Å². The number of nitriles is 1. The highest BCUT2D eigenvalue weighted by Crippen LogP contribution is 1.74. The molecule has 0 spiro atoms. The fourth-order valence-corrected chi connectivity index (χ4v) is 0. The summed E-state index contributed by atoms with van der Waals surface area (Å²) >= 11 is 4.71. The Kier molecular flexibility index (Phi) is 12.1. The van der Waals surface area contributed by atoms with Crippen molar-refractivity contribution in [1.29, 1.82) is 5.26 Å². The van der Waals surface area contributed by atoms with Crippen LogP contribution in [0.1, 0.15) is 6.92 Å². The molecule has 0 aromatic carbocycles. The molecule has 0 aromatic rings. The highest BCUT2D eigenvalue weighted by molar-refractivity contribution is 6.66. The number of rotatable bonds is 1. The van der Waals surface area contributed by atoms with E-state index in [1.807, 2.05) is 0 Å². The average molecular weight is 132 g/mol. The summed E-state index contributed by atoms with van der Waals surface area (Å²) in [4.78, 5) is 9.46. The molecular formula is C5H6ClNO. The van der Waals surface area contributed by atoms with E-state index < -0.39 is 5.24 Å². The number of hydrogen-bond donors (Lipinski definition) is 0. The van der Waals surface area contributed by atoms with E-state index in [9.17, 15) is 4.79 Å². The topological polar surface area (TPSA) is 40.9 Å². The van der Waals surface area contributed by atoms with Crippen LogP contribution in [0.2, 0.25) is 0 Å². The molecule has 0 fully saturated rings. The molecule has 0 aliphatic rings. The molecule has 0 rings (SSSR count). The number of carbonyl (C=O) groups excluding carboxylic acids is 1. The summed E-state index contributed by atoms with van der Waals surface area (Å²) < 4.78 is 0. The largest absolute Gasteiger partial charge is 0.276 e. The molecule has 0 aliphatic carbocycles. The molecule has 0 N–H and O–H groups in total. The fourth-order valence-electron chi connectivity index (χ4n) is 0. The molecule has 0 saturated heterocycles. The number of carbonyl (C=O) groups is 1. The maximum Gasteiger partial charge on any atom is 0.244 e. The zero-order valence-electron chi connectivity index (χ0n) is 4.52. The van der Waals surface area contributed by atoms with Gasteiger partial charge < -0.3 is 0 Å². The van der Waals surface area contributed by atoms with E-state index in [2.05, 4.69) is 6.58 Å². The summed E-state index contributed by atoms with van der Waals surface area (Å²) in [5.41, 5.74) is 0. The van der Waals surface area contributed by atoms with Crippen molar-refractivity contribution in [1.82, 2.24) is 0 Å². The van der Waals surface area contributed by atoms with Gasteiger partial charge in [-0.25, -0.2) is 0 Å². The highest BCUT2D eigenvalue weighted by atomic mass is 35.5. The Labute approximate surface area is 53.4 Å². The van der Waals surface area contributed by atoms with Gasteiger partial charge in [0.1, 0.15) is 0 Å². The van der Waals surface area contributed by atoms with E-state index >= 15 is 0 Å². The molecule has 0 aromatic heterocycles. The third-order valence-electron chi connectivity index (χ3n) is 0.160. The second-order valence-electron chi connectivity index (χ2n) is 0.732. The summed E-state index contributed by atoms with van der Waals surface area (Å²) in [6.07, 6.45) is 1.04. The summed E-state index contributed by atoms with van der Waals surface area (Å²) in [5.74, 6) is 0. The van der Waals surface area contributed by atoms with Gasteiger partial charge in [0.15, 0.2) is 0 Å². The molecule has 44 valence electrons. The zero-order valence-corrected chi connectivity index (χ0v) is 5.27. The van der Waals surface area contributed by atoms with Gasteiger partial charge in [0.25, 0.3) is 0 Å². The molecule has 0 bridgehead atoms. The summed E-state index contributed by atoms with van der Waals surface area (Å²) in [6.45, 7) is 4.51. The van der Waals surface area contributed by atoms with Crippen LogP contribution < -0.4 is 0 Å². The first-order chi connectivity index (χ1) is 3.68. The Bertz CT molecular complexity index is 114. The molecule has 0 radical (unpaired) electrons. The summed E-state index contributed by atoms with van der Waals surface area (Å²) in [6, 6.07) is 1.75. The Hall–Kier alpha value is -0.810. The van der Waals surface area contributed by atoms with Gasteiger partial charge in [-0.1, -0.05) is 6.58 Å². The second-order valence-corrected chi connectivity index (χ2v) is 1.10. The third-order valence-corrected chi connectivity index (χ3v) is 0.315. The van der Waals surface area contributed by atoms with E-state index in [-0.39, 0.29) is 0 Å². The van der Waals surface area contributed by atoms with Crippen LogP contribution in [-0.2, 0) is 4.79 Å². The van der Waals surface area contributed by atoms with Crippen LogP contribution in [-0.4, -0.2) is 5.24 Å². The van der Waals surface area contributed by atoms with Crippen molar-refractivity contribution in [3.05, 3.63) is 12.7 Å². The number of hydrogen-bond acceptors (Lipinski definition) is 2. The predicted octanol–water partition coefficient (Wildman–Crippen LogP) is 1.47. The third kappa shape index (κ3) is 64.3. The van der Waals surface area contributed by atoms with Crippen LogP contribution in [0.15, 0.2) is 12.7 Å². The molecule has 0 heterocycles. The first kappa shape index (κ1) is 10.2. The normalized spacial score (nSPS) is 5.12. The monoisotopic (exact) mass is 131 g/mol. The molecule has 0 amide bonds. The standard InChI is InChI=1S/C3H3ClO.C2H3N/c1-2-3(4)5;1-2-3/h2H,1H2;1H3. The van der Waals surface area contributed by atoms with Crippen LogP contribution >= 0.6 is 11.6 Å². The van der Waals surface area contributed by atoms with Gasteiger partial charge in [0.2, 0.25) is 5.24 Å². The molecule has 0 saturated carbocycles. The Balaban J connectivity index is 0. The average Bonchev–Trinajstić information content (AvgIpc) is 1.69. The van der Waals surface area contributed by atoms with Gasteiger partial charge in [0, 0.05) is 6.92 Å². The van der Waals surface area contributed by atoms with Gasteiger partial charge >= 0.3 is 0 Å². The van der Waals surface area contributed by atoms with Gasteiger partial charge in [0.05, 0.1) is 6.07 Å². The van der Waals surface area contributed by atoms with Crippen LogP contribution in [0.25, 0.3) is 0 Å². The second kappa shape index (κ2) is 9.50. The quantitative estimate of drug-likeness (QED) is 0.399. The highest BCUT2D eigenvalue weighted by Gasteiger charge is 1.74. The van der Waals surface area contributed by atoms with Crippen molar-refractivity contribution in [2.24, 2.45) is 0 Å². The van der Waals surface area contributed by atoms with Crippen molar-refractivity contribution in [2.75, 3.05) is 0 Å². The maximum atomic E-state index is 9.46. The van der Waals surface area contributed by atoms with Gasteiger partial charge in [-0.05, 0) is 17.7 Å². The van der Waals surface area contributed by atoms with Crippen molar-refractivity contribution >= 4 is 16.8 Å². The lowest BCUT2D eigenvalue weighted by Gasteiger charge is -1.59. The van der Waals surface area contributed by atoms with Crippen LogP contribution in [0.4, 0.5) is 0 Å². The molecule has 8 heavy (non-hydrogen) atoms. The lowest BCUT2D eigenvalue weighted by molar-refractivity contribution is -0.107. The zero-order chi connectivity index (χ0) is 6.99. The Morgan fingerprint density at radius 2 is 2.12 bits per heavy atom. The predicted molar refractivity (Wildman–Crippen MR) is 32.3 cm³/mol. The Morgan fingerprint density at radius 3 is 2.12 bits per heavy atom. The molecule has 2 nitrogen and oxygen atoms in total. The van der Waals surface area contributed by atoms with Crippen molar-refractivity contribution < 1.29 is 4.79 Å². The first-order valence-corrected chi connectivity index (χ1v) is 2.19. The van der Waals surface area contributed by atoms with Gasteiger partial charge in [-0.3, -0.25) is 4.79 Å². The maximum absolute atomic E-state index is 9.46. The number of nitrogens with zero attached hydrogens (tertiary/aromatic N) is 1. The molecular weight excluding hydrogens is 126 g/mol. The van der Waals surface area contributed by atoms with Gasteiger partial charge in [-0.15, -0.1) is 0 Å². The fraction of sp³-hybridized carbons (Fsp3) is 0.200. The molecule has 3 heteroatoms. The van der Waals surface area contributed by atoms with Crippen molar-refractivity contribution in [2.45, 2.75) is 6.92 Å². The minimum Gasteiger partial charge on any atom is -0.276 e. The van der Waals surface area contributed by atoms with E-state index in [0.717, 1.165) is 6.08 Å². The van der Waals surface area contributed by atoms with E-state index in [0.29, 0.717) is 0 Å². The Morgan fingerprint density at radius 1 is 2.00 bits per heavy atom. The van der Waals surface area contributed by atoms with E-state index in [4.69, 9.17) is 16.9 Å². The lowest BCUT2D eigenvalue weighted by atomic mass is 10.7. The number of allylic oxidation sites excluding steroid dienone is 1. The van der Waals surface area contributed by atoms with Crippen molar-refractivity contribution in [3.8, 4) is 6.07 Å². The minimum atomic E-state index is -0.509. The van der Waals surface area contributed by atoms with E-state index in [1.165, 1.54) is 6.92 Å². The first-order valence-electron chi connectivity index (χ1n) is 1.81. The molecule has 0 unspecified atom stereocenters. The minimum absolute atomic E-state index is 0.509. The SMILES string of the molecule is C=CC(=O)Cl.CC#N. The molecule has 0 atom stereocenters. The van der Waals surface area contributed by atoms with Crippen LogP contribution in [0.3, 0.4) is 0 Å². The number of halogens is 1. The summed E-state index contributed by atoms with van der Waals surface area (Å²) in [5, 5.41) is 6.81.